The van der Waals surface area contributed by atoms with E-state index in [0.717, 1.165) is 12.8 Å². The summed E-state index contributed by atoms with van der Waals surface area (Å²) in [5.41, 5.74) is 0. The highest BCUT2D eigenvalue weighted by atomic mass is 16.5. The van der Waals surface area contributed by atoms with Gasteiger partial charge < -0.3 is 20.1 Å². The van der Waals surface area contributed by atoms with Gasteiger partial charge in [0, 0.05) is 18.8 Å². The Bertz CT molecular complexity index is 371. The summed E-state index contributed by atoms with van der Waals surface area (Å²) in [6.07, 6.45) is 2.21. The number of aliphatic hydroxyl groups excluding tert-OH is 3. The quantitative estimate of drug-likeness (QED) is 0.648. The van der Waals surface area contributed by atoms with Crippen molar-refractivity contribution in [3.05, 3.63) is 0 Å². The molecular formula is C15H24O5. The van der Waals surface area contributed by atoms with Gasteiger partial charge in [-0.05, 0) is 38.0 Å². The second-order valence-corrected chi connectivity index (χ2v) is 6.66. The van der Waals surface area contributed by atoms with Gasteiger partial charge in [0.1, 0.15) is 5.78 Å². The van der Waals surface area contributed by atoms with Crippen molar-refractivity contribution in [2.24, 2.45) is 11.8 Å². The number of Topliss-reactive ketones (excluding diaryl/α,β-unsaturated/α-hetero) is 1. The summed E-state index contributed by atoms with van der Waals surface area (Å²) in [5.74, 6) is 0.338. The van der Waals surface area contributed by atoms with Gasteiger partial charge in [-0.25, -0.2) is 0 Å². The third-order valence-corrected chi connectivity index (χ3v) is 5.28. The molecule has 3 aliphatic rings. The zero-order valence-electron chi connectivity index (χ0n) is 11.6. The van der Waals surface area contributed by atoms with Gasteiger partial charge in [-0.2, -0.15) is 0 Å². The summed E-state index contributed by atoms with van der Waals surface area (Å²) < 4.78 is 6.08. The molecule has 3 fully saturated rings. The average Bonchev–Trinajstić information content (AvgIpc) is 2.41. The molecule has 2 aliphatic carbocycles. The molecule has 1 aliphatic heterocycles. The molecule has 20 heavy (non-hydrogen) atoms. The first kappa shape index (κ1) is 14.4. The Morgan fingerprint density at radius 3 is 2.45 bits per heavy atom. The Morgan fingerprint density at radius 2 is 1.70 bits per heavy atom. The van der Waals surface area contributed by atoms with Crippen LogP contribution < -0.4 is 0 Å². The summed E-state index contributed by atoms with van der Waals surface area (Å²) in [6.45, 7) is 0. The molecule has 0 aromatic heterocycles. The number of hydrogen-bond donors (Lipinski definition) is 3. The number of hydrogen-bond acceptors (Lipinski definition) is 5. The highest BCUT2D eigenvalue weighted by Crippen LogP contribution is 2.39. The summed E-state index contributed by atoms with van der Waals surface area (Å²) in [5, 5.41) is 29.1. The van der Waals surface area contributed by atoms with Crippen LogP contribution in [0.3, 0.4) is 0 Å². The highest BCUT2D eigenvalue weighted by Gasteiger charge is 2.44. The topological polar surface area (TPSA) is 87.0 Å². The standard InChI is InChI=1S/C15H24O5/c16-9-2-3-10-12(18)7-14(20-15(10)6-9)8-1-4-11(17)13(19)5-8/h8-11,13-17,19H,1-7H2. The lowest BCUT2D eigenvalue weighted by Crippen LogP contribution is -2.49. The van der Waals surface area contributed by atoms with Gasteiger partial charge in [-0.3, -0.25) is 4.79 Å². The van der Waals surface area contributed by atoms with E-state index in [1.807, 2.05) is 0 Å². The van der Waals surface area contributed by atoms with Crippen LogP contribution in [-0.4, -0.2) is 51.6 Å². The fraction of sp³-hybridized carbons (Fsp3) is 0.933. The molecule has 0 amide bonds. The number of fused-ring (bicyclic) bond motifs is 1. The lowest BCUT2D eigenvalue weighted by Gasteiger charge is -2.44. The van der Waals surface area contributed by atoms with Gasteiger partial charge in [0.25, 0.3) is 0 Å². The van der Waals surface area contributed by atoms with Crippen molar-refractivity contribution in [2.75, 3.05) is 0 Å². The molecule has 5 nitrogen and oxygen atoms in total. The van der Waals surface area contributed by atoms with E-state index >= 15 is 0 Å². The third kappa shape index (κ3) is 2.77. The zero-order chi connectivity index (χ0) is 14.3. The van der Waals surface area contributed by atoms with Crippen molar-refractivity contribution in [2.45, 2.75) is 75.5 Å². The average molecular weight is 284 g/mol. The van der Waals surface area contributed by atoms with Crippen molar-refractivity contribution >= 4 is 5.78 Å². The molecule has 0 spiro atoms. The van der Waals surface area contributed by atoms with Crippen LogP contribution in [0.2, 0.25) is 0 Å². The number of carbonyl (C=O) groups is 1. The van der Waals surface area contributed by atoms with Crippen LogP contribution in [0.4, 0.5) is 0 Å². The first-order valence-corrected chi connectivity index (χ1v) is 7.77. The molecule has 0 aromatic carbocycles. The Morgan fingerprint density at radius 1 is 0.900 bits per heavy atom. The maximum Gasteiger partial charge on any atom is 0.141 e. The minimum absolute atomic E-state index is 0.0474. The number of carbonyl (C=O) groups excluding carboxylic acids is 1. The summed E-state index contributed by atoms with van der Waals surface area (Å²) in [4.78, 5) is 12.3. The van der Waals surface area contributed by atoms with E-state index in [-0.39, 0.29) is 35.9 Å². The maximum atomic E-state index is 12.3. The molecule has 7 atom stereocenters. The SMILES string of the molecule is O=C1CC(C2CCC(O)C(O)C2)OC2CC(O)CCC12. The number of rotatable bonds is 1. The number of ketones is 1. The first-order chi connectivity index (χ1) is 9.54. The van der Waals surface area contributed by atoms with E-state index < -0.39 is 12.2 Å². The molecular weight excluding hydrogens is 260 g/mol. The first-order valence-electron chi connectivity index (χ1n) is 7.77. The lowest BCUT2D eigenvalue weighted by molar-refractivity contribution is -0.168. The van der Waals surface area contributed by atoms with E-state index in [4.69, 9.17) is 4.74 Å². The van der Waals surface area contributed by atoms with Crippen molar-refractivity contribution in [1.82, 2.24) is 0 Å². The molecule has 1 saturated heterocycles. The lowest BCUT2D eigenvalue weighted by atomic mass is 9.74. The van der Waals surface area contributed by atoms with Crippen LogP contribution >= 0.6 is 0 Å². The Hall–Kier alpha value is -0.490. The summed E-state index contributed by atoms with van der Waals surface area (Å²) in [7, 11) is 0. The highest BCUT2D eigenvalue weighted by molar-refractivity contribution is 5.82. The fourth-order valence-corrected chi connectivity index (χ4v) is 4.03. The predicted molar refractivity (Wildman–Crippen MR) is 71.0 cm³/mol. The smallest absolute Gasteiger partial charge is 0.141 e. The van der Waals surface area contributed by atoms with Crippen LogP contribution in [0.1, 0.15) is 44.9 Å². The van der Waals surface area contributed by atoms with Gasteiger partial charge >= 0.3 is 0 Å². The minimum Gasteiger partial charge on any atom is -0.393 e. The molecule has 1 heterocycles. The van der Waals surface area contributed by atoms with Crippen molar-refractivity contribution in [3.8, 4) is 0 Å². The molecule has 3 rings (SSSR count). The molecule has 0 bridgehead atoms. The monoisotopic (exact) mass is 284 g/mol. The van der Waals surface area contributed by atoms with E-state index in [0.29, 0.717) is 32.1 Å². The molecule has 7 unspecified atom stereocenters. The summed E-state index contributed by atoms with van der Waals surface area (Å²) in [6, 6.07) is 0. The normalized spacial score (nSPS) is 49.8. The second-order valence-electron chi connectivity index (χ2n) is 6.66. The van der Waals surface area contributed by atoms with E-state index in [1.54, 1.807) is 0 Å². The Kier molecular flexibility index (Phi) is 4.13. The molecule has 3 N–H and O–H groups in total. The second kappa shape index (κ2) is 5.72. The maximum absolute atomic E-state index is 12.3. The van der Waals surface area contributed by atoms with Crippen LogP contribution in [0, 0.1) is 11.8 Å². The number of aliphatic hydroxyl groups is 3. The Balaban J connectivity index is 1.65. The molecule has 2 saturated carbocycles. The van der Waals surface area contributed by atoms with Gasteiger partial charge in [0.05, 0.1) is 30.5 Å². The van der Waals surface area contributed by atoms with Crippen molar-refractivity contribution in [3.63, 3.8) is 0 Å². The van der Waals surface area contributed by atoms with Gasteiger partial charge in [0.2, 0.25) is 0 Å². The number of ether oxygens (including phenoxy) is 1. The van der Waals surface area contributed by atoms with Crippen LogP contribution in [0.15, 0.2) is 0 Å². The third-order valence-electron chi connectivity index (χ3n) is 5.28. The van der Waals surface area contributed by atoms with E-state index in [2.05, 4.69) is 0 Å². The fourth-order valence-electron chi connectivity index (χ4n) is 4.03. The zero-order valence-corrected chi connectivity index (χ0v) is 11.6. The predicted octanol–water partition coefficient (Wildman–Crippen LogP) is 0.396. The van der Waals surface area contributed by atoms with Crippen LogP contribution in [0.5, 0.6) is 0 Å². The van der Waals surface area contributed by atoms with Crippen LogP contribution in [-0.2, 0) is 9.53 Å². The van der Waals surface area contributed by atoms with Crippen molar-refractivity contribution < 1.29 is 24.9 Å². The molecule has 0 radical (unpaired) electrons. The minimum atomic E-state index is -0.706. The molecule has 5 heteroatoms. The van der Waals surface area contributed by atoms with Crippen LogP contribution in [0.25, 0.3) is 0 Å². The van der Waals surface area contributed by atoms with Gasteiger partial charge in [0.15, 0.2) is 0 Å². The van der Waals surface area contributed by atoms with Crippen molar-refractivity contribution in [1.29, 1.82) is 0 Å². The van der Waals surface area contributed by atoms with Gasteiger partial charge in [-0.15, -0.1) is 0 Å². The largest absolute Gasteiger partial charge is 0.393 e. The molecule has 114 valence electrons. The van der Waals surface area contributed by atoms with E-state index in [1.165, 1.54) is 0 Å². The van der Waals surface area contributed by atoms with E-state index in [9.17, 15) is 20.1 Å². The molecule has 0 aromatic rings. The van der Waals surface area contributed by atoms with Gasteiger partial charge in [-0.1, -0.05) is 0 Å². The summed E-state index contributed by atoms with van der Waals surface area (Å²) >= 11 is 0. The Labute approximate surface area is 118 Å².